The van der Waals surface area contributed by atoms with Gasteiger partial charge in [0.05, 0.1) is 14.2 Å². The molecule has 0 radical (unpaired) electrons. The van der Waals surface area contributed by atoms with Crippen LogP contribution in [0.2, 0.25) is 0 Å². The van der Waals surface area contributed by atoms with Crippen molar-refractivity contribution < 1.29 is 23.4 Å². The molecule has 28 heavy (non-hydrogen) atoms. The highest BCUT2D eigenvalue weighted by Crippen LogP contribution is 2.28. The van der Waals surface area contributed by atoms with E-state index in [1.54, 1.807) is 37.4 Å². The van der Waals surface area contributed by atoms with Crippen molar-refractivity contribution in [3.63, 3.8) is 0 Å². The van der Waals surface area contributed by atoms with Crippen molar-refractivity contribution >= 4 is 12.0 Å². The third kappa shape index (κ3) is 5.48. The Balaban J connectivity index is 2.04. The number of rotatable bonds is 8. The SMILES string of the molecule is COc1ccc(CN(C)C(=O)/C=C/c2ccc(OCC#N)c(OC)c2)cc1F. The number of hydrogen-bond acceptors (Lipinski definition) is 5. The lowest BCUT2D eigenvalue weighted by Gasteiger charge is -2.15. The maximum absolute atomic E-state index is 13.8. The first kappa shape index (κ1) is 20.8. The number of halogens is 1. The van der Waals surface area contributed by atoms with E-state index in [0.29, 0.717) is 17.1 Å². The van der Waals surface area contributed by atoms with Gasteiger partial charge >= 0.3 is 0 Å². The molecule has 2 aromatic carbocycles. The average molecular weight is 384 g/mol. The summed E-state index contributed by atoms with van der Waals surface area (Å²) in [5.41, 5.74) is 1.39. The van der Waals surface area contributed by atoms with Crippen molar-refractivity contribution in [1.82, 2.24) is 4.90 Å². The van der Waals surface area contributed by atoms with Crippen molar-refractivity contribution in [3.8, 4) is 23.3 Å². The highest BCUT2D eigenvalue weighted by Gasteiger charge is 2.09. The number of amides is 1. The van der Waals surface area contributed by atoms with E-state index in [1.165, 1.54) is 37.3 Å². The predicted octanol–water partition coefficient (Wildman–Crippen LogP) is 3.42. The van der Waals surface area contributed by atoms with Crippen LogP contribution < -0.4 is 14.2 Å². The molecule has 7 heteroatoms. The fourth-order valence-corrected chi connectivity index (χ4v) is 2.47. The average Bonchev–Trinajstić information content (AvgIpc) is 2.70. The first-order chi connectivity index (χ1) is 13.5. The van der Waals surface area contributed by atoms with Crippen LogP contribution in [-0.4, -0.2) is 38.7 Å². The Morgan fingerprint density at radius 3 is 2.50 bits per heavy atom. The van der Waals surface area contributed by atoms with Gasteiger partial charge in [0.2, 0.25) is 5.91 Å². The number of nitrogens with zero attached hydrogens (tertiary/aromatic N) is 2. The summed E-state index contributed by atoms with van der Waals surface area (Å²) in [4.78, 5) is 13.8. The highest BCUT2D eigenvalue weighted by molar-refractivity contribution is 5.91. The molecule has 0 aliphatic carbocycles. The molecule has 0 saturated carbocycles. The van der Waals surface area contributed by atoms with Gasteiger partial charge in [-0.15, -0.1) is 0 Å². The molecule has 0 bridgehead atoms. The first-order valence-corrected chi connectivity index (χ1v) is 8.42. The summed E-state index contributed by atoms with van der Waals surface area (Å²) in [5.74, 6) is 0.369. The van der Waals surface area contributed by atoms with Crippen LogP contribution in [0.4, 0.5) is 4.39 Å². The van der Waals surface area contributed by atoms with Crippen LogP contribution in [-0.2, 0) is 11.3 Å². The zero-order valence-electron chi connectivity index (χ0n) is 15.9. The smallest absolute Gasteiger partial charge is 0.246 e. The molecule has 0 aliphatic rings. The fraction of sp³-hybridized carbons (Fsp3) is 0.238. The van der Waals surface area contributed by atoms with Crippen LogP contribution in [0.25, 0.3) is 6.08 Å². The number of ether oxygens (including phenoxy) is 3. The lowest BCUT2D eigenvalue weighted by molar-refractivity contribution is -0.125. The van der Waals surface area contributed by atoms with E-state index in [0.717, 1.165) is 5.56 Å². The van der Waals surface area contributed by atoms with Crippen LogP contribution in [0, 0.1) is 17.1 Å². The lowest BCUT2D eigenvalue weighted by atomic mass is 10.1. The second-order valence-corrected chi connectivity index (χ2v) is 5.85. The number of nitriles is 1. The van der Waals surface area contributed by atoms with E-state index in [-0.39, 0.29) is 24.8 Å². The zero-order valence-corrected chi connectivity index (χ0v) is 15.9. The Hall–Kier alpha value is -3.53. The standard InChI is InChI=1S/C21H21FN2O4/c1-24(14-16-5-7-18(26-2)17(22)12-16)21(25)9-6-15-4-8-19(28-11-10-23)20(13-15)27-3/h4-9,12-13H,11,14H2,1-3H3/b9-6+. The number of likely N-dealkylation sites (N-methyl/N-ethyl adjacent to an activating group) is 1. The monoisotopic (exact) mass is 384 g/mol. The van der Waals surface area contributed by atoms with Crippen molar-refractivity contribution in [3.05, 3.63) is 59.4 Å². The summed E-state index contributed by atoms with van der Waals surface area (Å²) in [6.45, 7) is 0.176. The lowest BCUT2D eigenvalue weighted by Crippen LogP contribution is -2.24. The minimum absolute atomic E-state index is 0.0826. The van der Waals surface area contributed by atoms with Crippen LogP contribution in [0.15, 0.2) is 42.5 Å². The van der Waals surface area contributed by atoms with E-state index in [2.05, 4.69) is 0 Å². The molecule has 0 fully saturated rings. The molecule has 6 nitrogen and oxygen atoms in total. The van der Waals surface area contributed by atoms with Gasteiger partial charge in [-0.05, 0) is 41.5 Å². The predicted molar refractivity (Wildman–Crippen MR) is 103 cm³/mol. The molecule has 0 spiro atoms. The number of hydrogen-bond donors (Lipinski definition) is 0. The Morgan fingerprint density at radius 2 is 1.86 bits per heavy atom. The quantitative estimate of drug-likeness (QED) is 0.652. The highest BCUT2D eigenvalue weighted by atomic mass is 19.1. The molecular formula is C21H21FN2O4. The summed E-state index contributed by atoms with van der Waals surface area (Å²) < 4.78 is 29.2. The third-order valence-corrected chi connectivity index (χ3v) is 3.91. The van der Waals surface area contributed by atoms with Crippen LogP contribution in [0.5, 0.6) is 17.2 Å². The van der Waals surface area contributed by atoms with Gasteiger partial charge in [0.1, 0.15) is 6.07 Å². The van der Waals surface area contributed by atoms with Crippen molar-refractivity contribution in [1.29, 1.82) is 5.26 Å². The van der Waals surface area contributed by atoms with Gasteiger partial charge in [-0.2, -0.15) is 5.26 Å². The van der Waals surface area contributed by atoms with Gasteiger partial charge in [0, 0.05) is 19.7 Å². The van der Waals surface area contributed by atoms with Gasteiger partial charge in [0.15, 0.2) is 29.7 Å². The molecule has 0 atom stereocenters. The molecule has 0 N–H and O–H groups in total. The fourth-order valence-electron chi connectivity index (χ4n) is 2.47. The molecule has 1 amide bonds. The van der Waals surface area contributed by atoms with E-state index in [9.17, 15) is 9.18 Å². The summed E-state index contributed by atoms with van der Waals surface area (Å²) in [6.07, 6.45) is 3.06. The minimum Gasteiger partial charge on any atom is -0.494 e. The normalized spacial score (nSPS) is 10.4. The second-order valence-electron chi connectivity index (χ2n) is 5.85. The van der Waals surface area contributed by atoms with Crippen molar-refractivity contribution in [2.75, 3.05) is 27.9 Å². The maximum atomic E-state index is 13.8. The topological polar surface area (TPSA) is 71.8 Å². The van der Waals surface area contributed by atoms with E-state index < -0.39 is 5.82 Å². The third-order valence-electron chi connectivity index (χ3n) is 3.91. The van der Waals surface area contributed by atoms with E-state index >= 15 is 0 Å². The van der Waals surface area contributed by atoms with E-state index in [1.807, 2.05) is 6.07 Å². The number of methoxy groups -OCH3 is 2. The Bertz CT molecular complexity index is 906. The Labute approximate surface area is 163 Å². The second kappa shape index (κ2) is 9.97. The molecule has 0 heterocycles. The van der Waals surface area contributed by atoms with E-state index in [4.69, 9.17) is 19.5 Å². The van der Waals surface area contributed by atoms with Gasteiger partial charge in [0.25, 0.3) is 0 Å². The summed E-state index contributed by atoms with van der Waals surface area (Å²) >= 11 is 0. The minimum atomic E-state index is -0.470. The Morgan fingerprint density at radius 1 is 1.14 bits per heavy atom. The molecule has 0 unspecified atom stereocenters. The van der Waals surface area contributed by atoms with Gasteiger partial charge in [-0.3, -0.25) is 4.79 Å². The molecular weight excluding hydrogens is 363 g/mol. The van der Waals surface area contributed by atoms with Crippen molar-refractivity contribution in [2.45, 2.75) is 6.54 Å². The number of carbonyl (C=O) groups excluding carboxylic acids is 1. The first-order valence-electron chi connectivity index (χ1n) is 8.42. The molecule has 0 aromatic heterocycles. The van der Waals surface area contributed by atoms with Gasteiger partial charge < -0.3 is 19.1 Å². The maximum Gasteiger partial charge on any atom is 0.246 e. The van der Waals surface area contributed by atoms with Crippen molar-refractivity contribution in [2.24, 2.45) is 0 Å². The van der Waals surface area contributed by atoms with Crippen LogP contribution in [0.3, 0.4) is 0 Å². The molecule has 146 valence electrons. The van der Waals surface area contributed by atoms with Crippen LogP contribution in [0.1, 0.15) is 11.1 Å². The summed E-state index contributed by atoms with van der Waals surface area (Å²) in [5, 5.41) is 8.59. The van der Waals surface area contributed by atoms with Gasteiger partial charge in [-0.1, -0.05) is 12.1 Å². The zero-order chi connectivity index (χ0) is 20.5. The molecule has 0 aliphatic heterocycles. The summed E-state index contributed by atoms with van der Waals surface area (Å²) in [7, 11) is 4.53. The molecule has 2 rings (SSSR count). The number of carbonyl (C=O) groups is 1. The largest absolute Gasteiger partial charge is 0.494 e. The molecule has 2 aromatic rings. The van der Waals surface area contributed by atoms with Gasteiger partial charge in [-0.25, -0.2) is 4.39 Å². The Kier molecular flexibility index (Phi) is 7.40. The molecule has 0 saturated heterocycles. The summed E-state index contributed by atoms with van der Waals surface area (Å²) in [6, 6.07) is 11.6. The van der Waals surface area contributed by atoms with Crippen LogP contribution >= 0.6 is 0 Å². The number of benzene rings is 2.